The van der Waals surface area contributed by atoms with Crippen LogP contribution in [0.4, 0.5) is 0 Å². The van der Waals surface area contributed by atoms with Crippen molar-refractivity contribution in [1.82, 2.24) is 0 Å². The van der Waals surface area contributed by atoms with Crippen molar-refractivity contribution in [3.05, 3.63) is 46.2 Å². The lowest BCUT2D eigenvalue weighted by Crippen LogP contribution is -2.00. The predicted molar refractivity (Wildman–Crippen MR) is 76.8 cm³/mol. The number of thiophene rings is 1. The largest absolute Gasteiger partial charge is 0.493 e. The monoisotopic (exact) mass is 278 g/mol. The molecule has 4 heteroatoms. The van der Waals surface area contributed by atoms with Crippen LogP contribution >= 0.6 is 11.3 Å². The van der Waals surface area contributed by atoms with Gasteiger partial charge in [-0.2, -0.15) is 11.3 Å². The van der Waals surface area contributed by atoms with E-state index in [0.717, 1.165) is 23.3 Å². The van der Waals surface area contributed by atoms with Crippen LogP contribution in [0, 0.1) is 0 Å². The molecule has 0 radical (unpaired) electrons. The van der Waals surface area contributed by atoms with Crippen molar-refractivity contribution in [1.29, 1.82) is 0 Å². The average molecular weight is 278 g/mol. The van der Waals surface area contributed by atoms with Crippen LogP contribution in [0.25, 0.3) is 0 Å². The number of hydrogen-bond donors (Lipinski definition) is 1. The summed E-state index contributed by atoms with van der Waals surface area (Å²) in [4.78, 5) is 0. The van der Waals surface area contributed by atoms with Gasteiger partial charge >= 0.3 is 0 Å². The van der Waals surface area contributed by atoms with Gasteiger partial charge in [-0.25, -0.2) is 0 Å². The van der Waals surface area contributed by atoms with Gasteiger partial charge in [0.05, 0.1) is 13.2 Å². The Morgan fingerprint density at radius 3 is 2.79 bits per heavy atom. The van der Waals surface area contributed by atoms with E-state index >= 15 is 0 Å². The fourth-order valence-electron chi connectivity index (χ4n) is 1.65. The summed E-state index contributed by atoms with van der Waals surface area (Å²) in [6, 6.07) is 7.57. The van der Waals surface area contributed by atoms with Crippen LogP contribution in [-0.4, -0.2) is 11.7 Å². The van der Waals surface area contributed by atoms with E-state index < -0.39 is 0 Å². The maximum Gasteiger partial charge on any atom is 0.129 e. The Balaban J connectivity index is 2.07. The van der Waals surface area contributed by atoms with Crippen molar-refractivity contribution in [2.24, 2.45) is 0 Å². The maximum atomic E-state index is 9.32. The Morgan fingerprint density at radius 2 is 2.11 bits per heavy atom. The van der Waals surface area contributed by atoms with Crippen LogP contribution in [0.15, 0.2) is 35.0 Å². The molecule has 0 aliphatic heterocycles. The third kappa shape index (κ3) is 3.98. The molecule has 0 saturated carbocycles. The topological polar surface area (TPSA) is 38.7 Å². The molecule has 19 heavy (non-hydrogen) atoms. The van der Waals surface area contributed by atoms with Gasteiger partial charge in [0.15, 0.2) is 0 Å². The molecule has 1 heterocycles. The lowest BCUT2D eigenvalue weighted by Gasteiger charge is -2.12. The molecule has 102 valence electrons. The van der Waals surface area contributed by atoms with E-state index in [-0.39, 0.29) is 6.61 Å². The molecule has 2 rings (SSSR count). The zero-order chi connectivity index (χ0) is 13.5. The molecule has 2 aromatic rings. The number of benzene rings is 1. The maximum absolute atomic E-state index is 9.32. The second kappa shape index (κ2) is 7.16. The Labute approximate surface area is 117 Å². The van der Waals surface area contributed by atoms with Crippen LogP contribution in [0.2, 0.25) is 0 Å². The summed E-state index contributed by atoms with van der Waals surface area (Å²) in [6.45, 7) is 3.22. The number of ether oxygens (including phenoxy) is 2. The van der Waals surface area contributed by atoms with Gasteiger partial charge in [0.2, 0.25) is 0 Å². The second-order valence-electron chi connectivity index (χ2n) is 4.20. The molecule has 0 saturated heterocycles. The van der Waals surface area contributed by atoms with Gasteiger partial charge in [-0.05, 0) is 40.9 Å². The average Bonchev–Trinajstić information content (AvgIpc) is 2.96. The van der Waals surface area contributed by atoms with Crippen LogP contribution in [0.5, 0.6) is 11.5 Å². The molecular weight excluding hydrogens is 260 g/mol. The molecule has 1 aromatic carbocycles. The predicted octanol–water partition coefficient (Wildman–Crippen LogP) is 3.61. The molecule has 0 aliphatic rings. The summed E-state index contributed by atoms with van der Waals surface area (Å²) >= 11 is 1.64. The molecular formula is C15H18O3S. The zero-order valence-electron chi connectivity index (χ0n) is 11.0. The second-order valence-corrected chi connectivity index (χ2v) is 4.98. The molecule has 0 fully saturated rings. The molecule has 0 unspecified atom stereocenters. The Bertz CT molecular complexity index is 494. The molecule has 3 nitrogen and oxygen atoms in total. The van der Waals surface area contributed by atoms with E-state index in [1.807, 2.05) is 29.6 Å². The third-order valence-corrected chi connectivity index (χ3v) is 3.39. The molecule has 1 aromatic heterocycles. The summed E-state index contributed by atoms with van der Waals surface area (Å²) in [5, 5.41) is 13.4. The van der Waals surface area contributed by atoms with E-state index in [1.54, 1.807) is 11.3 Å². The van der Waals surface area contributed by atoms with Gasteiger partial charge in [-0.1, -0.05) is 6.92 Å². The highest BCUT2D eigenvalue weighted by Gasteiger charge is 2.06. The zero-order valence-corrected chi connectivity index (χ0v) is 11.8. The minimum Gasteiger partial charge on any atom is -0.493 e. The van der Waals surface area contributed by atoms with Gasteiger partial charge in [-0.3, -0.25) is 0 Å². The van der Waals surface area contributed by atoms with E-state index in [9.17, 15) is 5.11 Å². The smallest absolute Gasteiger partial charge is 0.129 e. The SMILES string of the molecule is CCCOc1ccc(CO)c(OCc2ccsc2)c1. The number of rotatable bonds is 7. The van der Waals surface area contributed by atoms with Crippen molar-refractivity contribution in [2.45, 2.75) is 26.6 Å². The minimum absolute atomic E-state index is 0.0347. The van der Waals surface area contributed by atoms with Crippen molar-refractivity contribution in [3.63, 3.8) is 0 Å². The highest BCUT2D eigenvalue weighted by atomic mass is 32.1. The van der Waals surface area contributed by atoms with Gasteiger partial charge < -0.3 is 14.6 Å². The summed E-state index contributed by atoms with van der Waals surface area (Å²) in [6.07, 6.45) is 0.965. The van der Waals surface area contributed by atoms with E-state index in [2.05, 4.69) is 12.3 Å². The highest BCUT2D eigenvalue weighted by molar-refractivity contribution is 7.07. The Kier molecular flexibility index (Phi) is 5.24. The number of aliphatic hydroxyl groups is 1. The normalized spacial score (nSPS) is 10.4. The van der Waals surface area contributed by atoms with Gasteiger partial charge in [0, 0.05) is 11.6 Å². The molecule has 0 spiro atoms. The van der Waals surface area contributed by atoms with Crippen LogP contribution in [-0.2, 0) is 13.2 Å². The van der Waals surface area contributed by atoms with Gasteiger partial charge in [0.25, 0.3) is 0 Å². The van der Waals surface area contributed by atoms with Crippen molar-refractivity contribution in [3.8, 4) is 11.5 Å². The molecule has 0 aliphatic carbocycles. The van der Waals surface area contributed by atoms with Gasteiger partial charge in [-0.15, -0.1) is 0 Å². The lowest BCUT2D eigenvalue weighted by atomic mass is 10.2. The first-order chi connectivity index (χ1) is 9.33. The standard InChI is InChI=1S/C15H18O3S/c1-2-6-17-14-4-3-13(9-16)15(8-14)18-10-12-5-7-19-11-12/h3-5,7-8,11,16H,2,6,9-10H2,1H3. The highest BCUT2D eigenvalue weighted by Crippen LogP contribution is 2.26. The molecule has 0 amide bonds. The molecule has 0 atom stereocenters. The summed E-state index contributed by atoms with van der Waals surface area (Å²) in [7, 11) is 0. The van der Waals surface area contributed by atoms with E-state index in [4.69, 9.17) is 9.47 Å². The summed E-state index contributed by atoms with van der Waals surface area (Å²) in [5.74, 6) is 1.46. The van der Waals surface area contributed by atoms with Crippen LogP contribution in [0.1, 0.15) is 24.5 Å². The summed E-state index contributed by atoms with van der Waals surface area (Å²) < 4.78 is 11.3. The fraction of sp³-hybridized carbons (Fsp3) is 0.333. The van der Waals surface area contributed by atoms with Crippen molar-refractivity contribution in [2.75, 3.05) is 6.61 Å². The molecule has 0 bridgehead atoms. The van der Waals surface area contributed by atoms with Crippen LogP contribution < -0.4 is 9.47 Å². The summed E-state index contributed by atoms with van der Waals surface area (Å²) in [5.41, 5.74) is 1.91. The lowest BCUT2D eigenvalue weighted by molar-refractivity contribution is 0.256. The minimum atomic E-state index is -0.0347. The fourth-order valence-corrected chi connectivity index (χ4v) is 2.30. The number of aliphatic hydroxyl groups excluding tert-OH is 1. The van der Waals surface area contributed by atoms with Crippen molar-refractivity contribution < 1.29 is 14.6 Å². The number of hydrogen-bond acceptors (Lipinski definition) is 4. The Morgan fingerprint density at radius 1 is 1.21 bits per heavy atom. The first-order valence-corrected chi connectivity index (χ1v) is 7.28. The first-order valence-electron chi connectivity index (χ1n) is 6.34. The third-order valence-electron chi connectivity index (χ3n) is 2.66. The van der Waals surface area contributed by atoms with E-state index in [1.165, 1.54) is 0 Å². The first kappa shape index (κ1) is 13.9. The van der Waals surface area contributed by atoms with Crippen LogP contribution in [0.3, 0.4) is 0 Å². The quantitative estimate of drug-likeness (QED) is 0.841. The Hall–Kier alpha value is -1.52. The van der Waals surface area contributed by atoms with Crippen molar-refractivity contribution >= 4 is 11.3 Å². The van der Waals surface area contributed by atoms with E-state index in [0.29, 0.717) is 19.0 Å². The molecule has 1 N–H and O–H groups in total. The van der Waals surface area contributed by atoms with Gasteiger partial charge in [0.1, 0.15) is 18.1 Å².